The van der Waals surface area contributed by atoms with Crippen LogP contribution in [-0.2, 0) is 0 Å². The summed E-state index contributed by atoms with van der Waals surface area (Å²) in [7, 11) is 5.61. The fraction of sp³-hybridized carbons (Fsp3) is 0.0833. The van der Waals surface area contributed by atoms with Gasteiger partial charge in [0.25, 0.3) is 0 Å². The fourth-order valence-corrected chi connectivity index (χ4v) is 1.82. The molecule has 2 radical (unpaired) electrons. The topological polar surface area (TPSA) is 80.5 Å². The van der Waals surface area contributed by atoms with Gasteiger partial charge < -0.3 is 10.7 Å². The van der Waals surface area contributed by atoms with Crippen molar-refractivity contribution in [2.24, 2.45) is 0 Å². The second-order valence-corrected chi connectivity index (χ2v) is 4.13. The van der Waals surface area contributed by atoms with E-state index in [2.05, 4.69) is 19.9 Å². The molecule has 5 nitrogen and oxygen atoms in total. The number of hydrogen-bond donors (Lipinski definition) is 2. The molecule has 0 spiro atoms. The largest absolute Gasteiger partial charge is 0.382 e. The van der Waals surface area contributed by atoms with Gasteiger partial charge >= 0.3 is 0 Å². The molecule has 0 saturated heterocycles. The number of aryl methyl sites for hydroxylation is 1. The van der Waals surface area contributed by atoms with Crippen molar-refractivity contribution >= 4 is 30.3 Å². The lowest BCUT2D eigenvalue weighted by Crippen LogP contribution is -2.12. The molecule has 1 aromatic carbocycles. The predicted molar refractivity (Wildman–Crippen MR) is 71.7 cm³/mol. The van der Waals surface area contributed by atoms with Crippen LogP contribution in [0.4, 0.5) is 5.82 Å². The first-order valence-corrected chi connectivity index (χ1v) is 5.48. The number of nitrogens with zero attached hydrogens (tertiary/aromatic N) is 3. The van der Waals surface area contributed by atoms with Crippen molar-refractivity contribution in [2.45, 2.75) is 6.92 Å². The normalized spacial score (nSPS) is 10.9. The van der Waals surface area contributed by atoms with Gasteiger partial charge in [0.2, 0.25) is 0 Å². The zero-order chi connectivity index (χ0) is 12.7. The molecule has 0 saturated carbocycles. The lowest BCUT2D eigenvalue weighted by molar-refractivity contribution is 1.20. The molecule has 3 N–H and O–H groups in total. The number of nitrogens with one attached hydrogen (secondary N) is 1. The number of hydrogen-bond acceptors (Lipinski definition) is 4. The number of aromatic nitrogens is 4. The monoisotopic (exact) mass is 235 g/mol. The maximum Gasteiger partial charge on any atom is 0.160 e. The van der Waals surface area contributed by atoms with E-state index in [1.165, 1.54) is 6.20 Å². The van der Waals surface area contributed by atoms with Crippen LogP contribution < -0.4 is 11.3 Å². The third-order valence-electron chi connectivity index (χ3n) is 2.68. The van der Waals surface area contributed by atoms with E-state index in [1.807, 2.05) is 25.1 Å². The SMILES string of the molecule is [B]c1cnc(N)c(-c2nc3ccc(C)cc3[nH]2)n1. The zero-order valence-electron chi connectivity index (χ0n) is 9.81. The summed E-state index contributed by atoms with van der Waals surface area (Å²) >= 11 is 0. The Morgan fingerprint density at radius 3 is 2.94 bits per heavy atom. The number of fused-ring (bicyclic) bond motifs is 1. The van der Waals surface area contributed by atoms with Crippen LogP contribution in [0, 0.1) is 6.92 Å². The van der Waals surface area contributed by atoms with Crippen molar-refractivity contribution in [1.29, 1.82) is 0 Å². The third-order valence-corrected chi connectivity index (χ3v) is 2.68. The lowest BCUT2D eigenvalue weighted by Gasteiger charge is -2.01. The van der Waals surface area contributed by atoms with Gasteiger partial charge in [0.05, 0.1) is 11.0 Å². The number of benzene rings is 1. The second kappa shape index (κ2) is 3.84. The van der Waals surface area contributed by atoms with Crippen molar-refractivity contribution in [3.05, 3.63) is 30.0 Å². The van der Waals surface area contributed by atoms with Gasteiger partial charge in [0, 0.05) is 11.8 Å². The van der Waals surface area contributed by atoms with Crippen LogP contribution >= 0.6 is 0 Å². The summed E-state index contributed by atoms with van der Waals surface area (Å²) in [6, 6.07) is 5.96. The molecule has 3 rings (SSSR count). The second-order valence-electron chi connectivity index (χ2n) is 4.13. The van der Waals surface area contributed by atoms with E-state index in [4.69, 9.17) is 13.6 Å². The number of imidazole rings is 1. The standard InChI is InChI=1S/C12H10BN5/c1-6-2-3-7-8(4-6)17-12(16-7)10-11(14)15-5-9(13)18-10/h2-5H,1H3,(H2,14,15)(H,16,17). The van der Waals surface area contributed by atoms with Crippen LogP contribution in [0.5, 0.6) is 0 Å². The number of rotatable bonds is 1. The van der Waals surface area contributed by atoms with Crippen molar-refractivity contribution in [3.63, 3.8) is 0 Å². The van der Waals surface area contributed by atoms with Crippen LogP contribution in [0.15, 0.2) is 24.4 Å². The van der Waals surface area contributed by atoms with Gasteiger partial charge in [-0.2, -0.15) is 0 Å². The minimum Gasteiger partial charge on any atom is -0.382 e. The quantitative estimate of drug-likeness (QED) is 0.608. The Kier molecular flexibility index (Phi) is 2.29. The Bertz CT molecular complexity index is 734. The molecule has 2 heterocycles. The van der Waals surface area contributed by atoms with Gasteiger partial charge in [-0.25, -0.2) is 9.97 Å². The molecule has 3 aromatic rings. The van der Waals surface area contributed by atoms with Crippen molar-refractivity contribution in [2.75, 3.05) is 5.73 Å². The van der Waals surface area contributed by atoms with E-state index >= 15 is 0 Å². The van der Waals surface area contributed by atoms with Gasteiger partial charge in [-0.15, -0.1) is 0 Å². The van der Waals surface area contributed by atoms with E-state index in [0.717, 1.165) is 16.6 Å². The number of nitrogen functional groups attached to an aromatic ring is 1. The number of anilines is 1. The molecule has 86 valence electrons. The molecule has 18 heavy (non-hydrogen) atoms. The summed E-state index contributed by atoms with van der Waals surface area (Å²) in [5.41, 5.74) is 9.53. The van der Waals surface area contributed by atoms with E-state index < -0.39 is 0 Å². The van der Waals surface area contributed by atoms with Crippen molar-refractivity contribution < 1.29 is 0 Å². The molecule has 2 aromatic heterocycles. The highest BCUT2D eigenvalue weighted by molar-refractivity contribution is 6.30. The number of H-pyrrole nitrogens is 1. The third kappa shape index (κ3) is 1.71. The van der Waals surface area contributed by atoms with Gasteiger partial charge in [-0.3, -0.25) is 4.98 Å². The maximum absolute atomic E-state index is 5.78. The Labute approximate surface area is 105 Å². The molecule has 6 heteroatoms. The van der Waals surface area contributed by atoms with E-state index in [0.29, 0.717) is 22.9 Å². The molecule has 0 aliphatic heterocycles. The fourth-order valence-electron chi connectivity index (χ4n) is 1.82. The van der Waals surface area contributed by atoms with E-state index in [9.17, 15) is 0 Å². The summed E-state index contributed by atoms with van der Waals surface area (Å²) in [6.45, 7) is 2.02. The van der Waals surface area contributed by atoms with Gasteiger partial charge in [-0.1, -0.05) is 6.07 Å². The Hall–Kier alpha value is -2.37. The van der Waals surface area contributed by atoms with E-state index in [1.54, 1.807) is 0 Å². The van der Waals surface area contributed by atoms with E-state index in [-0.39, 0.29) is 0 Å². The van der Waals surface area contributed by atoms with Crippen LogP contribution in [0.25, 0.3) is 22.6 Å². The summed E-state index contributed by atoms with van der Waals surface area (Å²) in [4.78, 5) is 15.7. The summed E-state index contributed by atoms with van der Waals surface area (Å²) in [6.07, 6.45) is 1.42. The first-order valence-electron chi connectivity index (χ1n) is 5.48. The highest BCUT2D eigenvalue weighted by atomic mass is 15.0. The molecule has 0 aliphatic rings. The first-order chi connectivity index (χ1) is 8.63. The summed E-state index contributed by atoms with van der Waals surface area (Å²) < 4.78 is 0. The molecule has 0 atom stereocenters. The van der Waals surface area contributed by atoms with Crippen LogP contribution in [0.3, 0.4) is 0 Å². The highest BCUT2D eigenvalue weighted by Gasteiger charge is 2.11. The molecule has 0 aliphatic carbocycles. The van der Waals surface area contributed by atoms with Crippen molar-refractivity contribution in [1.82, 2.24) is 19.9 Å². The Morgan fingerprint density at radius 2 is 2.11 bits per heavy atom. The molecule has 0 amide bonds. The Morgan fingerprint density at radius 1 is 1.28 bits per heavy atom. The van der Waals surface area contributed by atoms with Crippen LogP contribution in [0.1, 0.15) is 5.56 Å². The average molecular weight is 235 g/mol. The summed E-state index contributed by atoms with van der Waals surface area (Å²) in [5, 5.41) is 0. The van der Waals surface area contributed by atoms with Gasteiger partial charge in [-0.05, 0) is 24.6 Å². The summed E-state index contributed by atoms with van der Waals surface area (Å²) in [5.74, 6) is 0.882. The van der Waals surface area contributed by atoms with Crippen molar-refractivity contribution in [3.8, 4) is 11.5 Å². The first kappa shape index (κ1) is 10.8. The average Bonchev–Trinajstić information content (AvgIpc) is 2.74. The molecular formula is C12H10BN5. The molecular weight excluding hydrogens is 225 g/mol. The number of aromatic amines is 1. The predicted octanol–water partition coefficient (Wildman–Crippen LogP) is 0.704. The van der Waals surface area contributed by atoms with Gasteiger partial charge in [0.1, 0.15) is 13.5 Å². The highest BCUT2D eigenvalue weighted by Crippen LogP contribution is 2.21. The zero-order valence-corrected chi connectivity index (χ0v) is 9.81. The molecule has 0 unspecified atom stereocenters. The van der Waals surface area contributed by atoms with Gasteiger partial charge in [0.15, 0.2) is 11.6 Å². The van der Waals surface area contributed by atoms with Crippen LogP contribution in [-0.4, -0.2) is 27.8 Å². The maximum atomic E-state index is 5.78. The number of nitrogens with two attached hydrogens (primary N) is 1. The smallest absolute Gasteiger partial charge is 0.160 e. The minimum atomic E-state index is 0.306. The van der Waals surface area contributed by atoms with Crippen LogP contribution in [0.2, 0.25) is 0 Å². The minimum absolute atomic E-state index is 0.306. The molecule has 0 bridgehead atoms. The Balaban J connectivity index is 2.22. The lowest BCUT2D eigenvalue weighted by atomic mass is 10.1. The molecule has 0 fully saturated rings.